The van der Waals surface area contributed by atoms with Gasteiger partial charge in [0.05, 0.1) is 13.2 Å². The molecule has 0 spiro atoms. The van der Waals surface area contributed by atoms with Crippen LogP contribution < -0.4 is 4.74 Å². The molecule has 0 fully saturated rings. The van der Waals surface area contributed by atoms with E-state index in [2.05, 4.69) is 6.58 Å². The fourth-order valence-electron chi connectivity index (χ4n) is 2.96. The lowest BCUT2D eigenvalue weighted by Gasteiger charge is -2.15. The zero-order valence-electron chi connectivity index (χ0n) is 14.3. The number of carbonyl (C=O) groups is 1. The molecule has 0 bridgehead atoms. The number of phenols is 1. The van der Waals surface area contributed by atoms with Crippen LogP contribution in [0.15, 0.2) is 53.9 Å². The number of allylic oxidation sites excluding steroid dienone is 1. The summed E-state index contributed by atoms with van der Waals surface area (Å²) in [6.07, 6.45) is 1.80. The highest BCUT2D eigenvalue weighted by molar-refractivity contribution is 7.90. The average molecular weight is 373 g/mol. The maximum absolute atomic E-state index is 13.0. The molecule has 0 radical (unpaired) electrons. The summed E-state index contributed by atoms with van der Waals surface area (Å²) in [5.74, 6) is -0.971. The Labute approximate surface area is 152 Å². The second kappa shape index (κ2) is 6.84. The molecule has 6 nitrogen and oxygen atoms in total. The van der Waals surface area contributed by atoms with Crippen molar-refractivity contribution in [3.8, 4) is 11.5 Å². The molecule has 1 aliphatic rings. The molecule has 136 valence electrons. The molecule has 0 unspecified atom stereocenters. The first-order valence-corrected chi connectivity index (χ1v) is 9.59. The summed E-state index contributed by atoms with van der Waals surface area (Å²) in [4.78, 5) is 12.5. The summed E-state index contributed by atoms with van der Waals surface area (Å²) >= 11 is 0. The lowest BCUT2D eigenvalue weighted by atomic mass is 10.1. The molecule has 0 aromatic heterocycles. The Morgan fingerprint density at radius 2 is 1.96 bits per heavy atom. The predicted octanol–water partition coefficient (Wildman–Crippen LogP) is 2.86. The van der Waals surface area contributed by atoms with E-state index in [0.717, 1.165) is 4.31 Å². The molecule has 0 atom stereocenters. The third-order valence-electron chi connectivity index (χ3n) is 4.12. The number of amides is 1. The summed E-state index contributed by atoms with van der Waals surface area (Å²) in [6.45, 7) is 5.50. The Kier molecular flexibility index (Phi) is 4.73. The van der Waals surface area contributed by atoms with Crippen LogP contribution in [-0.4, -0.2) is 30.3 Å². The van der Waals surface area contributed by atoms with Gasteiger partial charge in [-0.3, -0.25) is 4.79 Å². The van der Waals surface area contributed by atoms with Gasteiger partial charge in [-0.15, -0.1) is 6.58 Å². The van der Waals surface area contributed by atoms with Gasteiger partial charge in [-0.05, 0) is 25.0 Å². The highest BCUT2D eigenvalue weighted by Crippen LogP contribution is 2.44. The van der Waals surface area contributed by atoms with Gasteiger partial charge in [0, 0.05) is 5.56 Å². The monoisotopic (exact) mass is 373 g/mol. The van der Waals surface area contributed by atoms with Gasteiger partial charge in [-0.25, -0.2) is 12.7 Å². The van der Waals surface area contributed by atoms with Gasteiger partial charge in [0.25, 0.3) is 15.9 Å². The molecular weight excluding hydrogens is 354 g/mol. The molecule has 26 heavy (non-hydrogen) atoms. The van der Waals surface area contributed by atoms with Crippen molar-refractivity contribution in [2.45, 2.75) is 24.8 Å². The van der Waals surface area contributed by atoms with Crippen LogP contribution in [-0.2, 0) is 23.0 Å². The molecule has 2 aromatic carbocycles. The van der Waals surface area contributed by atoms with Crippen molar-refractivity contribution in [3.63, 3.8) is 0 Å². The minimum Gasteiger partial charge on any atom is -0.506 e. The van der Waals surface area contributed by atoms with E-state index in [1.165, 1.54) is 6.07 Å². The maximum atomic E-state index is 13.0. The van der Waals surface area contributed by atoms with E-state index < -0.39 is 21.7 Å². The van der Waals surface area contributed by atoms with E-state index in [-0.39, 0.29) is 35.8 Å². The van der Waals surface area contributed by atoms with E-state index >= 15 is 0 Å². The SMILES string of the molecule is C=CCc1cc(OCC)c2c(c1O)S(=O)(=O)N(Cc1ccccc1)C2=O. The van der Waals surface area contributed by atoms with E-state index in [9.17, 15) is 18.3 Å². The topological polar surface area (TPSA) is 83.9 Å². The number of sulfonamides is 1. The molecule has 0 saturated heterocycles. The molecule has 7 heteroatoms. The Hall–Kier alpha value is -2.80. The number of fused-ring (bicyclic) bond motifs is 1. The van der Waals surface area contributed by atoms with Crippen LogP contribution in [0.5, 0.6) is 11.5 Å². The first-order valence-electron chi connectivity index (χ1n) is 8.15. The van der Waals surface area contributed by atoms with Crippen LogP contribution >= 0.6 is 0 Å². The van der Waals surface area contributed by atoms with Crippen molar-refractivity contribution < 1.29 is 23.1 Å². The first-order chi connectivity index (χ1) is 12.4. The number of hydrogen-bond donors (Lipinski definition) is 1. The van der Waals surface area contributed by atoms with Gasteiger partial charge in [0.1, 0.15) is 22.0 Å². The first kappa shape index (κ1) is 18.0. The highest BCUT2D eigenvalue weighted by Gasteiger charge is 2.46. The fourth-order valence-corrected chi connectivity index (χ4v) is 4.63. The quantitative estimate of drug-likeness (QED) is 0.787. The normalized spacial score (nSPS) is 15.0. The fraction of sp³-hybridized carbons (Fsp3) is 0.211. The summed E-state index contributed by atoms with van der Waals surface area (Å²) in [6, 6.07) is 10.3. The number of hydrogen-bond acceptors (Lipinski definition) is 5. The molecule has 0 aliphatic carbocycles. The number of carbonyl (C=O) groups excluding carboxylic acids is 1. The summed E-state index contributed by atoms with van der Waals surface area (Å²) in [5, 5.41) is 10.5. The molecule has 1 aliphatic heterocycles. The van der Waals surface area contributed by atoms with Gasteiger partial charge >= 0.3 is 0 Å². The smallest absolute Gasteiger partial charge is 0.273 e. The van der Waals surface area contributed by atoms with Crippen LogP contribution in [0.2, 0.25) is 0 Å². The molecule has 0 saturated carbocycles. The van der Waals surface area contributed by atoms with E-state index in [1.807, 2.05) is 0 Å². The molecule has 1 amide bonds. The number of rotatable bonds is 6. The zero-order chi connectivity index (χ0) is 18.9. The van der Waals surface area contributed by atoms with Gasteiger partial charge in [-0.1, -0.05) is 36.4 Å². The van der Waals surface area contributed by atoms with E-state index in [1.54, 1.807) is 43.3 Å². The van der Waals surface area contributed by atoms with Gasteiger partial charge < -0.3 is 9.84 Å². The highest BCUT2D eigenvalue weighted by atomic mass is 32.2. The van der Waals surface area contributed by atoms with Crippen LogP contribution in [0.3, 0.4) is 0 Å². The number of phenolic OH excluding ortho intramolecular Hbond substituents is 1. The van der Waals surface area contributed by atoms with Crippen molar-refractivity contribution in [2.24, 2.45) is 0 Å². The summed E-state index contributed by atoms with van der Waals surface area (Å²) < 4.78 is 32.3. The number of benzene rings is 2. The van der Waals surface area contributed by atoms with Crippen molar-refractivity contribution >= 4 is 15.9 Å². The predicted molar refractivity (Wildman–Crippen MR) is 96.7 cm³/mol. The van der Waals surface area contributed by atoms with Crippen LogP contribution in [0.25, 0.3) is 0 Å². The van der Waals surface area contributed by atoms with Crippen LogP contribution in [0.4, 0.5) is 0 Å². The second-order valence-corrected chi connectivity index (χ2v) is 7.61. The largest absolute Gasteiger partial charge is 0.506 e. The van der Waals surface area contributed by atoms with Gasteiger partial charge in [0.2, 0.25) is 0 Å². The van der Waals surface area contributed by atoms with Gasteiger partial charge in [-0.2, -0.15) is 0 Å². The summed E-state index contributed by atoms with van der Waals surface area (Å²) in [7, 11) is -4.19. The Morgan fingerprint density at radius 3 is 2.58 bits per heavy atom. The Bertz CT molecular complexity index is 967. The molecule has 1 heterocycles. The lowest BCUT2D eigenvalue weighted by Crippen LogP contribution is -2.29. The number of aromatic hydroxyl groups is 1. The molecule has 2 aromatic rings. The third kappa shape index (κ3) is 2.84. The maximum Gasteiger partial charge on any atom is 0.273 e. The summed E-state index contributed by atoms with van der Waals surface area (Å²) in [5.41, 5.74) is 0.897. The van der Waals surface area contributed by atoms with Crippen molar-refractivity contribution in [3.05, 3.63) is 65.7 Å². The number of nitrogens with zero attached hydrogens (tertiary/aromatic N) is 1. The van der Waals surface area contributed by atoms with Crippen LogP contribution in [0, 0.1) is 0 Å². The minimum absolute atomic E-state index is 0.113. The Morgan fingerprint density at radius 1 is 1.27 bits per heavy atom. The molecule has 3 rings (SSSR count). The standard InChI is InChI=1S/C19H19NO5S/c1-3-8-14-11-15(25-4-2)16-18(17(14)21)26(23,24)20(19(16)22)12-13-9-6-5-7-10-13/h3,5-7,9-11,21H,1,4,8,12H2,2H3. The van der Waals surface area contributed by atoms with E-state index in [0.29, 0.717) is 11.1 Å². The van der Waals surface area contributed by atoms with E-state index in [4.69, 9.17) is 4.74 Å². The van der Waals surface area contributed by atoms with Crippen molar-refractivity contribution in [1.82, 2.24) is 4.31 Å². The second-order valence-electron chi connectivity index (χ2n) is 5.81. The average Bonchev–Trinajstić information content (AvgIpc) is 2.81. The molecular formula is C19H19NO5S. The van der Waals surface area contributed by atoms with Crippen molar-refractivity contribution in [2.75, 3.05) is 6.61 Å². The Balaban J connectivity index is 2.17. The van der Waals surface area contributed by atoms with Crippen molar-refractivity contribution in [1.29, 1.82) is 0 Å². The van der Waals surface area contributed by atoms with Crippen LogP contribution in [0.1, 0.15) is 28.4 Å². The minimum atomic E-state index is -4.19. The van der Waals surface area contributed by atoms with Gasteiger partial charge in [0.15, 0.2) is 0 Å². The zero-order valence-corrected chi connectivity index (χ0v) is 15.1. The third-order valence-corrected chi connectivity index (χ3v) is 5.91. The molecule has 1 N–H and O–H groups in total. The lowest BCUT2D eigenvalue weighted by molar-refractivity contribution is 0.0861. The number of ether oxygens (including phenoxy) is 1.